The Labute approximate surface area is 109 Å². The Bertz CT molecular complexity index is 636. The Morgan fingerprint density at radius 3 is 2.72 bits per heavy atom. The lowest BCUT2D eigenvalue weighted by molar-refractivity contribution is 0.204. The van der Waals surface area contributed by atoms with Crippen LogP contribution in [0.2, 0.25) is 0 Å². The number of aliphatic hydroxyl groups is 1. The molecule has 0 fully saturated rings. The van der Waals surface area contributed by atoms with Crippen LogP contribution in [0, 0.1) is 0 Å². The van der Waals surface area contributed by atoms with Crippen molar-refractivity contribution in [3.63, 3.8) is 0 Å². The molecule has 0 aliphatic rings. The molecule has 1 heterocycles. The van der Waals surface area contributed by atoms with Gasteiger partial charge in [0.05, 0.1) is 24.6 Å². The molecule has 0 saturated heterocycles. The van der Waals surface area contributed by atoms with Gasteiger partial charge in [-0.1, -0.05) is 6.07 Å². The van der Waals surface area contributed by atoms with Gasteiger partial charge < -0.3 is 14.4 Å². The molecule has 0 saturated carbocycles. The first-order chi connectivity index (χ1) is 8.60. The maximum atomic E-state index is 11.7. The summed E-state index contributed by atoms with van der Waals surface area (Å²) >= 11 is 5.68. The molecule has 4 nitrogen and oxygen atoms in total. The molecule has 2 rings (SSSR count). The van der Waals surface area contributed by atoms with Crippen LogP contribution in [0.3, 0.4) is 0 Å². The maximum Gasteiger partial charge on any atom is 0.250 e. The van der Waals surface area contributed by atoms with Crippen LogP contribution < -0.4 is 10.3 Å². The highest BCUT2D eigenvalue weighted by molar-refractivity contribution is 6.18. The van der Waals surface area contributed by atoms with Crippen molar-refractivity contribution < 1.29 is 9.84 Å². The molecule has 0 radical (unpaired) electrons. The lowest BCUT2D eigenvalue weighted by atomic mass is 10.0. The van der Waals surface area contributed by atoms with Gasteiger partial charge in [0.15, 0.2) is 0 Å². The van der Waals surface area contributed by atoms with E-state index in [1.807, 2.05) is 0 Å². The van der Waals surface area contributed by atoms with E-state index in [9.17, 15) is 9.90 Å². The molecule has 0 aliphatic carbocycles. The smallest absolute Gasteiger partial charge is 0.250 e. The topological polar surface area (TPSA) is 51.5 Å². The minimum Gasteiger partial charge on any atom is -0.495 e. The standard InChI is InChI=1S/C13H14ClNO3/c1-15-12(17)6-4-9-8(10(16)7-14)3-5-11(18-2)13(9)15/h3-6,10,16H,7H2,1-2H3. The highest BCUT2D eigenvalue weighted by atomic mass is 35.5. The molecule has 2 aromatic rings. The van der Waals surface area contributed by atoms with Crippen molar-refractivity contribution >= 4 is 22.5 Å². The molecular formula is C13H14ClNO3. The first kappa shape index (κ1) is 12.9. The monoisotopic (exact) mass is 267 g/mol. The zero-order chi connectivity index (χ0) is 13.3. The first-order valence-corrected chi connectivity index (χ1v) is 6.04. The number of rotatable bonds is 3. The predicted molar refractivity (Wildman–Crippen MR) is 71.4 cm³/mol. The summed E-state index contributed by atoms with van der Waals surface area (Å²) in [6.45, 7) is 0. The number of fused-ring (bicyclic) bond motifs is 1. The summed E-state index contributed by atoms with van der Waals surface area (Å²) in [5, 5.41) is 10.7. The fourth-order valence-corrected chi connectivity index (χ4v) is 2.21. The molecule has 0 amide bonds. The lowest BCUT2D eigenvalue weighted by Crippen LogP contribution is -2.16. The van der Waals surface area contributed by atoms with Gasteiger partial charge >= 0.3 is 0 Å². The van der Waals surface area contributed by atoms with Crippen LogP contribution in [0.5, 0.6) is 5.75 Å². The van der Waals surface area contributed by atoms with Gasteiger partial charge in [0.1, 0.15) is 5.75 Å². The Kier molecular flexibility index (Phi) is 3.59. The summed E-state index contributed by atoms with van der Waals surface area (Å²) in [6.07, 6.45) is -0.766. The number of halogens is 1. The van der Waals surface area contributed by atoms with Gasteiger partial charge in [-0.3, -0.25) is 4.79 Å². The number of pyridine rings is 1. The molecule has 0 bridgehead atoms. The zero-order valence-electron chi connectivity index (χ0n) is 10.2. The first-order valence-electron chi connectivity index (χ1n) is 5.50. The minimum atomic E-state index is -0.766. The van der Waals surface area contributed by atoms with Crippen molar-refractivity contribution in [1.29, 1.82) is 0 Å². The molecule has 5 heteroatoms. The number of ether oxygens (including phenoxy) is 1. The van der Waals surface area contributed by atoms with Crippen LogP contribution in [-0.2, 0) is 7.05 Å². The van der Waals surface area contributed by atoms with Crippen LogP contribution in [0.4, 0.5) is 0 Å². The van der Waals surface area contributed by atoms with Gasteiger partial charge in [-0.25, -0.2) is 0 Å². The van der Waals surface area contributed by atoms with E-state index in [2.05, 4.69) is 0 Å². The van der Waals surface area contributed by atoms with Gasteiger partial charge in [-0.2, -0.15) is 0 Å². The number of alkyl halides is 1. The quantitative estimate of drug-likeness (QED) is 0.863. The fourth-order valence-electron chi connectivity index (χ4n) is 2.04. The third kappa shape index (κ3) is 1.98. The third-order valence-corrected chi connectivity index (χ3v) is 3.29. The summed E-state index contributed by atoms with van der Waals surface area (Å²) in [5.41, 5.74) is 1.22. The lowest BCUT2D eigenvalue weighted by Gasteiger charge is -2.15. The van der Waals surface area contributed by atoms with Gasteiger partial charge in [-0.15, -0.1) is 11.6 Å². The second-order valence-corrected chi connectivity index (χ2v) is 4.33. The molecular weight excluding hydrogens is 254 g/mol. The van der Waals surface area contributed by atoms with E-state index >= 15 is 0 Å². The van der Waals surface area contributed by atoms with E-state index in [0.717, 1.165) is 5.39 Å². The van der Waals surface area contributed by atoms with Crippen LogP contribution in [0.1, 0.15) is 11.7 Å². The van der Waals surface area contributed by atoms with Gasteiger partial charge in [0, 0.05) is 18.5 Å². The second kappa shape index (κ2) is 5.00. The average Bonchev–Trinajstić information content (AvgIpc) is 2.40. The van der Waals surface area contributed by atoms with Crippen molar-refractivity contribution in [3.05, 3.63) is 40.2 Å². The molecule has 0 spiro atoms. The molecule has 1 unspecified atom stereocenters. The Morgan fingerprint density at radius 2 is 2.11 bits per heavy atom. The third-order valence-electron chi connectivity index (χ3n) is 3.00. The predicted octanol–water partition coefficient (Wildman–Crippen LogP) is 1.82. The summed E-state index contributed by atoms with van der Waals surface area (Å²) in [4.78, 5) is 11.7. The van der Waals surface area contributed by atoms with Crippen LogP contribution in [-0.4, -0.2) is 22.7 Å². The Balaban J connectivity index is 2.87. The molecule has 0 aliphatic heterocycles. The van der Waals surface area contributed by atoms with E-state index in [1.54, 1.807) is 32.4 Å². The summed E-state index contributed by atoms with van der Waals surface area (Å²) in [6, 6.07) is 6.64. The number of hydrogen-bond donors (Lipinski definition) is 1. The number of methoxy groups -OCH3 is 1. The van der Waals surface area contributed by atoms with Crippen molar-refractivity contribution in [1.82, 2.24) is 4.57 Å². The SMILES string of the molecule is COc1ccc(C(O)CCl)c2ccc(=O)n(C)c12. The molecule has 1 aromatic carbocycles. The van der Waals surface area contributed by atoms with Crippen molar-refractivity contribution in [2.45, 2.75) is 6.10 Å². The molecule has 18 heavy (non-hydrogen) atoms. The summed E-state index contributed by atoms with van der Waals surface area (Å²) in [5.74, 6) is 0.695. The number of benzene rings is 1. The van der Waals surface area contributed by atoms with Gasteiger partial charge in [0.25, 0.3) is 5.56 Å². The molecule has 1 atom stereocenters. The number of aryl methyl sites for hydroxylation is 1. The van der Waals surface area contributed by atoms with E-state index in [1.165, 1.54) is 10.6 Å². The molecule has 96 valence electrons. The van der Waals surface area contributed by atoms with Crippen molar-refractivity contribution in [3.8, 4) is 5.75 Å². The second-order valence-electron chi connectivity index (χ2n) is 4.02. The highest BCUT2D eigenvalue weighted by Gasteiger charge is 2.15. The minimum absolute atomic E-state index is 0.101. The van der Waals surface area contributed by atoms with Crippen LogP contribution in [0.25, 0.3) is 10.9 Å². The van der Waals surface area contributed by atoms with E-state index in [4.69, 9.17) is 16.3 Å². The maximum absolute atomic E-state index is 11.7. The average molecular weight is 268 g/mol. The molecule has 1 N–H and O–H groups in total. The van der Waals surface area contributed by atoms with Crippen molar-refractivity contribution in [2.75, 3.05) is 13.0 Å². The van der Waals surface area contributed by atoms with Crippen LogP contribution in [0.15, 0.2) is 29.1 Å². The van der Waals surface area contributed by atoms with Gasteiger partial charge in [0.2, 0.25) is 0 Å². The van der Waals surface area contributed by atoms with Crippen molar-refractivity contribution in [2.24, 2.45) is 7.05 Å². The van der Waals surface area contributed by atoms with E-state index in [-0.39, 0.29) is 11.4 Å². The molecule has 1 aromatic heterocycles. The number of aromatic nitrogens is 1. The highest BCUT2D eigenvalue weighted by Crippen LogP contribution is 2.30. The van der Waals surface area contributed by atoms with E-state index < -0.39 is 6.10 Å². The summed E-state index contributed by atoms with van der Waals surface area (Å²) < 4.78 is 6.76. The summed E-state index contributed by atoms with van der Waals surface area (Å²) in [7, 11) is 3.22. The number of aliphatic hydroxyl groups excluding tert-OH is 1. The fraction of sp³-hybridized carbons (Fsp3) is 0.308. The normalized spacial score (nSPS) is 12.7. The Hall–Kier alpha value is -1.52. The Morgan fingerprint density at radius 1 is 1.39 bits per heavy atom. The number of nitrogens with zero attached hydrogens (tertiary/aromatic N) is 1. The van der Waals surface area contributed by atoms with Crippen LogP contribution >= 0.6 is 11.6 Å². The largest absolute Gasteiger partial charge is 0.495 e. The number of hydrogen-bond acceptors (Lipinski definition) is 3. The van der Waals surface area contributed by atoms with E-state index in [0.29, 0.717) is 16.8 Å². The van der Waals surface area contributed by atoms with Gasteiger partial charge in [-0.05, 0) is 17.7 Å². The zero-order valence-corrected chi connectivity index (χ0v) is 10.9.